The third kappa shape index (κ3) is 3.52. The summed E-state index contributed by atoms with van der Waals surface area (Å²) in [6.45, 7) is 2.40. The molecule has 0 heterocycles. The molecule has 1 N–H and O–H groups in total. The van der Waals surface area contributed by atoms with Crippen LogP contribution in [0.2, 0.25) is 0 Å². The fraction of sp³-hybridized carbons (Fsp3) is 0.294. The molecule has 2 rings (SSSR count). The molecular formula is C17H20O3. The van der Waals surface area contributed by atoms with E-state index >= 15 is 0 Å². The minimum atomic E-state index is -0.489. The number of para-hydroxylation sites is 1. The van der Waals surface area contributed by atoms with E-state index in [1.54, 1.807) is 7.11 Å². The van der Waals surface area contributed by atoms with Crippen molar-refractivity contribution in [3.05, 3.63) is 59.7 Å². The maximum absolute atomic E-state index is 9.99. The Bertz CT molecular complexity index is 551. The Kier molecular flexibility index (Phi) is 5.02. The molecule has 0 saturated heterocycles. The molecule has 20 heavy (non-hydrogen) atoms. The maximum Gasteiger partial charge on any atom is 0.125 e. The molecule has 0 unspecified atom stereocenters. The Morgan fingerprint density at radius 2 is 1.90 bits per heavy atom. The van der Waals surface area contributed by atoms with E-state index in [2.05, 4.69) is 0 Å². The van der Waals surface area contributed by atoms with Crippen molar-refractivity contribution < 1.29 is 14.6 Å². The van der Waals surface area contributed by atoms with Gasteiger partial charge in [0.2, 0.25) is 0 Å². The number of hydrogen-bond donors (Lipinski definition) is 1. The first-order valence-corrected chi connectivity index (χ1v) is 6.77. The number of rotatable bonds is 6. The number of ether oxygens (including phenoxy) is 2. The van der Waals surface area contributed by atoms with Crippen LogP contribution >= 0.6 is 0 Å². The second kappa shape index (κ2) is 6.96. The van der Waals surface area contributed by atoms with Crippen LogP contribution in [0.15, 0.2) is 48.5 Å². The van der Waals surface area contributed by atoms with Crippen molar-refractivity contribution in [1.29, 1.82) is 0 Å². The number of aliphatic hydroxyl groups is 1. The van der Waals surface area contributed by atoms with E-state index in [1.807, 2.05) is 55.5 Å². The molecule has 106 valence electrons. The molecule has 2 aromatic carbocycles. The Balaban J connectivity index is 2.10. The van der Waals surface area contributed by atoms with Crippen LogP contribution in [0.5, 0.6) is 11.5 Å². The first kappa shape index (κ1) is 14.4. The highest BCUT2D eigenvalue weighted by Crippen LogP contribution is 2.27. The Labute approximate surface area is 119 Å². The predicted molar refractivity (Wildman–Crippen MR) is 79.0 cm³/mol. The van der Waals surface area contributed by atoms with Crippen LogP contribution in [0.1, 0.15) is 30.6 Å². The lowest BCUT2D eigenvalue weighted by molar-refractivity contribution is 0.166. The maximum atomic E-state index is 9.99. The van der Waals surface area contributed by atoms with Crippen molar-refractivity contribution >= 4 is 0 Å². The summed E-state index contributed by atoms with van der Waals surface area (Å²) in [5, 5.41) is 9.99. The fourth-order valence-electron chi connectivity index (χ4n) is 2.03. The summed E-state index contributed by atoms with van der Waals surface area (Å²) in [6.07, 6.45) is 0.177. The first-order valence-electron chi connectivity index (χ1n) is 6.77. The van der Waals surface area contributed by atoms with E-state index in [4.69, 9.17) is 9.47 Å². The summed E-state index contributed by atoms with van der Waals surface area (Å²) in [7, 11) is 1.65. The minimum Gasteiger partial charge on any atom is -0.497 e. The normalized spacial score (nSPS) is 11.9. The summed E-state index contributed by atoms with van der Waals surface area (Å²) in [5.74, 6) is 1.54. The van der Waals surface area contributed by atoms with Crippen LogP contribution in [-0.2, 0) is 6.61 Å². The lowest BCUT2D eigenvalue weighted by Gasteiger charge is -2.15. The van der Waals surface area contributed by atoms with Gasteiger partial charge in [-0.3, -0.25) is 0 Å². The fourth-order valence-corrected chi connectivity index (χ4v) is 2.03. The van der Waals surface area contributed by atoms with E-state index < -0.39 is 6.10 Å². The molecule has 3 nitrogen and oxygen atoms in total. The Morgan fingerprint density at radius 1 is 1.10 bits per heavy atom. The number of aliphatic hydroxyl groups excluding tert-OH is 1. The molecule has 1 atom stereocenters. The monoisotopic (exact) mass is 272 g/mol. The molecule has 0 radical (unpaired) electrons. The summed E-state index contributed by atoms with van der Waals surface area (Å²) < 4.78 is 11.0. The highest BCUT2D eigenvalue weighted by Gasteiger charge is 2.11. The van der Waals surface area contributed by atoms with Crippen LogP contribution in [0.3, 0.4) is 0 Å². The van der Waals surface area contributed by atoms with Crippen LogP contribution in [0.25, 0.3) is 0 Å². The van der Waals surface area contributed by atoms with Crippen LogP contribution in [0.4, 0.5) is 0 Å². The molecule has 0 fully saturated rings. The van der Waals surface area contributed by atoms with Crippen molar-refractivity contribution in [2.24, 2.45) is 0 Å². The van der Waals surface area contributed by atoms with E-state index in [1.165, 1.54) is 0 Å². The third-order valence-electron chi connectivity index (χ3n) is 3.19. The van der Waals surface area contributed by atoms with Gasteiger partial charge in [0.25, 0.3) is 0 Å². The standard InChI is InChI=1S/C17H20O3/c1-3-16(18)15-9-4-5-10-17(15)20-12-13-7-6-8-14(11-13)19-2/h4-11,16,18H,3,12H2,1-2H3/t16-/m1/s1. The molecule has 2 aromatic rings. The SMILES string of the molecule is CC[C@@H](O)c1ccccc1OCc1cccc(OC)c1. The quantitative estimate of drug-likeness (QED) is 0.871. The molecule has 0 spiro atoms. The Hall–Kier alpha value is -2.00. The largest absolute Gasteiger partial charge is 0.497 e. The topological polar surface area (TPSA) is 38.7 Å². The van der Waals surface area contributed by atoms with Crippen LogP contribution < -0.4 is 9.47 Å². The van der Waals surface area contributed by atoms with Gasteiger partial charge in [0.1, 0.15) is 18.1 Å². The minimum absolute atomic E-state index is 0.449. The van der Waals surface area contributed by atoms with E-state index in [9.17, 15) is 5.11 Å². The summed E-state index contributed by atoms with van der Waals surface area (Å²) in [4.78, 5) is 0. The molecule has 0 aliphatic carbocycles. The number of hydrogen-bond acceptors (Lipinski definition) is 3. The van der Waals surface area contributed by atoms with Gasteiger partial charge in [-0.15, -0.1) is 0 Å². The molecule has 3 heteroatoms. The van der Waals surface area contributed by atoms with Gasteiger partial charge < -0.3 is 14.6 Å². The molecule has 0 bridgehead atoms. The molecule has 0 amide bonds. The van der Waals surface area contributed by atoms with E-state index in [0.29, 0.717) is 13.0 Å². The van der Waals surface area contributed by atoms with Crippen molar-refractivity contribution in [1.82, 2.24) is 0 Å². The van der Waals surface area contributed by atoms with Gasteiger partial charge in [-0.05, 0) is 30.2 Å². The second-order valence-electron chi connectivity index (χ2n) is 4.60. The zero-order valence-corrected chi connectivity index (χ0v) is 11.9. The van der Waals surface area contributed by atoms with Crippen LogP contribution in [-0.4, -0.2) is 12.2 Å². The second-order valence-corrected chi connectivity index (χ2v) is 4.60. The molecule has 0 saturated carbocycles. The summed E-state index contributed by atoms with van der Waals surface area (Å²) in [5.41, 5.74) is 1.86. The van der Waals surface area contributed by atoms with E-state index in [-0.39, 0.29) is 0 Å². The van der Waals surface area contributed by atoms with E-state index in [0.717, 1.165) is 22.6 Å². The summed E-state index contributed by atoms with van der Waals surface area (Å²) in [6, 6.07) is 15.4. The predicted octanol–water partition coefficient (Wildman–Crippen LogP) is 3.72. The van der Waals surface area contributed by atoms with Crippen LogP contribution in [0, 0.1) is 0 Å². The smallest absolute Gasteiger partial charge is 0.125 e. The van der Waals surface area contributed by atoms with Crippen molar-refractivity contribution in [2.45, 2.75) is 26.1 Å². The lowest BCUT2D eigenvalue weighted by Crippen LogP contribution is -2.02. The Morgan fingerprint density at radius 3 is 2.65 bits per heavy atom. The molecule has 0 aliphatic heterocycles. The van der Waals surface area contributed by atoms with Gasteiger partial charge in [0.05, 0.1) is 13.2 Å². The average molecular weight is 272 g/mol. The van der Waals surface area contributed by atoms with Crippen molar-refractivity contribution in [3.8, 4) is 11.5 Å². The number of methoxy groups -OCH3 is 1. The van der Waals surface area contributed by atoms with Gasteiger partial charge >= 0.3 is 0 Å². The zero-order chi connectivity index (χ0) is 14.4. The van der Waals surface area contributed by atoms with Gasteiger partial charge in [-0.2, -0.15) is 0 Å². The van der Waals surface area contributed by atoms with Gasteiger partial charge in [-0.25, -0.2) is 0 Å². The van der Waals surface area contributed by atoms with Gasteiger partial charge in [0, 0.05) is 5.56 Å². The molecule has 0 aromatic heterocycles. The third-order valence-corrected chi connectivity index (χ3v) is 3.19. The zero-order valence-electron chi connectivity index (χ0n) is 11.9. The average Bonchev–Trinajstić information content (AvgIpc) is 2.52. The van der Waals surface area contributed by atoms with Crippen molar-refractivity contribution in [3.63, 3.8) is 0 Å². The van der Waals surface area contributed by atoms with Crippen molar-refractivity contribution in [2.75, 3.05) is 7.11 Å². The lowest BCUT2D eigenvalue weighted by atomic mass is 10.1. The highest BCUT2D eigenvalue weighted by molar-refractivity contribution is 5.35. The van der Waals surface area contributed by atoms with Gasteiger partial charge in [-0.1, -0.05) is 37.3 Å². The molecular weight excluding hydrogens is 252 g/mol. The highest BCUT2D eigenvalue weighted by atomic mass is 16.5. The first-order chi connectivity index (χ1) is 9.74. The number of benzene rings is 2. The molecule has 0 aliphatic rings. The summed E-state index contributed by atoms with van der Waals surface area (Å²) >= 11 is 0. The van der Waals surface area contributed by atoms with Gasteiger partial charge in [0.15, 0.2) is 0 Å².